The number of hydrogen-bond donors (Lipinski definition) is 1. The molecule has 0 radical (unpaired) electrons. The van der Waals surface area contributed by atoms with E-state index < -0.39 is 0 Å². The van der Waals surface area contributed by atoms with Gasteiger partial charge in [0.1, 0.15) is 0 Å². The van der Waals surface area contributed by atoms with Gasteiger partial charge in [0.2, 0.25) is 5.91 Å². The van der Waals surface area contributed by atoms with Crippen LogP contribution in [0.3, 0.4) is 0 Å². The van der Waals surface area contributed by atoms with E-state index in [-0.39, 0.29) is 35.9 Å². The molecule has 1 aliphatic heterocycles. The molecule has 1 aromatic carbocycles. The molecular formula is C15H22ClFN2O2. The maximum Gasteiger partial charge on any atom is 0.222 e. The molecule has 2 N–H and O–H groups in total. The van der Waals surface area contributed by atoms with Crippen molar-refractivity contribution < 1.29 is 13.9 Å². The zero-order valence-corrected chi connectivity index (χ0v) is 13.0. The summed E-state index contributed by atoms with van der Waals surface area (Å²) in [4.78, 5) is 13.9. The van der Waals surface area contributed by atoms with Crippen LogP contribution in [0.5, 0.6) is 5.75 Å². The fraction of sp³-hybridized carbons (Fsp3) is 0.533. The van der Waals surface area contributed by atoms with Crippen molar-refractivity contribution in [2.45, 2.75) is 31.7 Å². The van der Waals surface area contributed by atoms with Gasteiger partial charge in [-0.1, -0.05) is 6.07 Å². The van der Waals surface area contributed by atoms with E-state index in [9.17, 15) is 9.18 Å². The Morgan fingerprint density at radius 1 is 1.43 bits per heavy atom. The van der Waals surface area contributed by atoms with Gasteiger partial charge in [-0.2, -0.15) is 0 Å². The molecule has 6 heteroatoms. The number of halogens is 2. The number of hydrogen-bond acceptors (Lipinski definition) is 3. The number of rotatable bonds is 4. The number of carbonyl (C=O) groups excluding carboxylic acids is 1. The first-order valence-corrected chi connectivity index (χ1v) is 6.96. The highest BCUT2D eigenvalue weighted by molar-refractivity contribution is 5.85. The lowest BCUT2D eigenvalue weighted by molar-refractivity contribution is -0.132. The van der Waals surface area contributed by atoms with Gasteiger partial charge in [0.25, 0.3) is 0 Å². The van der Waals surface area contributed by atoms with Crippen molar-refractivity contribution in [3.63, 3.8) is 0 Å². The van der Waals surface area contributed by atoms with Crippen LogP contribution in [0.25, 0.3) is 0 Å². The number of methoxy groups -OCH3 is 1. The van der Waals surface area contributed by atoms with Crippen LogP contribution in [0.15, 0.2) is 18.2 Å². The fourth-order valence-corrected chi connectivity index (χ4v) is 2.42. The number of ether oxygens (including phenoxy) is 1. The third-order valence-corrected chi connectivity index (χ3v) is 3.74. The number of aryl methyl sites for hydroxylation is 1. The molecule has 1 heterocycles. The lowest BCUT2D eigenvalue weighted by atomic mass is 10.0. The van der Waals surface area contributed by atoms with Gasteiger partial charge < -0.3 is 15.4 Å². The number of amides is 1. The molecule has 1 fully saturated rings. The number of nitrogens with two attached hydrogens (primary N) is 1. The summed E-state index contributed by atoms with van der Waals surface area (Å²) in [6, 6.07) is 5.03. The lowest BCUT2D eigenvalue weighted by Crippen LogP contribution is -2.42. The van der Waals surface area contributed by atoms with E-state index in [0.717, 1.165) is 31.5 Å². The molecule has 0 aromatic heterocycles. The van der Waals surface area contributed by atoms with Gasteiger partial charge in [0.15, 0.2) is 11.6 Å². The van der Waals surface area contributed by atoms with Gasteiger partial charge >= 0.3 is 0 Å². The minimum atomic E-state index is -0.388. The summed E-state index contributed by atoms with van der Waals surface area (Å²) in [5, 5.41) is 0. The molecular weight excluding hydrogens is 295 g/mol. The predicted octanol–water partition coefficient (Wildman–Crippen LogP) is 2.14. The monoisotopic (exact) mass is 316 g/mol. The first-order chi connectivity index (χ1) is 9.60. The Morgan fingerprint density at radius 3 is 2.67 bits per heavy atom. The first kappa shape index (κ1) is 17.7. The molecule has 0 bridgehead atoms. The van der Waals surface area contributed by atoms with Gasteiger partial charge in [0, 0.05) is 25.6 Å². The lowest BCUT2D eigenvalue weighted by Gasteiger charge is -2.30. The molecule has 0 atom stereocenters. The molecule has 2 rings (SSSR count). The summed E-state index contributed by atoms with van der Waals surface area (Å²) in [5.74, 6) is -0.0420. The smallest absolute Gasteiger partial charge is 0.222 e. The number of nitrogens with zero attached hydrogens (tertiary/aromatic N) is 1. The van der Waals surface area contributed by atoms with Crippen LogP contribution >= 0.6 is 12.4 Å². The van der Waals surface area contributed by atoms with E-state index in [0.29, 0.717) is 12.8 Å². The summed E-state index contributed by atoms with van der Waals surface area (Å²) in [7, 11) is 1.43. The summed E-state index contributed by atoms with van der Waals surface area (Å²) in [6.07, 6.45) is 2.68. The first-order valence-electron chi connectivity index (χ1n) is 6.96. The quantitative estimate of drug-likeness (QED) is 0.926. The third kappa shape index (κ3) is 4.86. The molecule has 1 aromatic rings. The minimum absolute atomic E-state index is 0. The molecule has 0 spiro atoms. The predicted molar refractivity (Wildman–Crippen MR) is 82.3 cm³/mol. The highest BCUT2D eigenvalue weighted by Crippen LogP contribution is 2.19. The Balaban J connectivity index is 0.00000220. The van der Waals surface area contributed by atoms with E-state index in [1.54, 1.807) is 12.1 Å². The maximum absolute atomic E-state index is 13.5. The van der Waals surface area contributed by atoms with Crippen LogP contribution in [0.1, 0.15) is 24.8 Å². The molecule has 1 aliphatic rings. The van der Waals surface area contributed by atoms with Crippen molar-refractivity contribution in [3.05, 3.63) is 29.6 Å². The average Bonchev–Trinajstić information content (AvgIpc) is 2.45. The topological polar surface area (TPSA) is 55.6 Å². The van der Waals surface area contributed by atoms with Crippen LogP contribution in [0, 0.1) is 5.82 Å². The van der Waals surface area contributed by atoms with Crippen LogP contribution in [-0.2, 0) is 11.2 Å². The summed E-state index contributed by atoms with van der Waals surface area (Å²) in [6.45, 7) is 1.47. The van der Waals surface area contributed by atoms with Gasteiger partial charge in [-0.05, 0) is 37.0 Å². The van der Waals surface area contributed by atoms with E-state index in [4.69, 9.17) is 10.5 Å². The second-order valence-corrected chi connectivity index (χ2v) is 5.19. The van der Waals surface area contributed by atoms with Crippen molar-refractivity contribution >= 4 is 18.3 Å². The fourth-order valence-electron chi connectivity index (χ4n) is 2.42. The highest BCUT2D eigenvalue weighted by atomic mass is 35.5. The molecule has 21 heavy (non-hydrogen) atoms. The molecule has 1 amide bonds. The van der Waals surface area contributed by atoms with Crippen molar-refractivity contribution in [2.24, 2.45) is 5.73 Å². The zero-order chi connectivity index (χ0) is 14.5. The van der Waals surface area contributed by atoms with Crippen LogP contribution in [0.2, 0.25) is 0 Å². The number of piperidine rings is 1. The van der Waals surface area contributed by atoms with E-state index in [1.165, 1.54) is 13.2 Å². The van der Waals surface area contributed by atoms with Gasteiger partial charge in [-0.3, -0.25) is 4.79 Å². The minimum Gasteiger partial charge on any atom is -0.494 e. The molecule has 4 nitrogen and oxygen atoms in total. The van der Waals surface area contributed by atoms with Crippen LogP contribution in [-0.4, -0.2) is 37.0 Å². The molecule has 0 unspecified atom stereocenters. The van der Waals surface area contributed by atoms with Crippen molar-refractivity contribution in [1.29, 1.82) is 0 Å². The SMILES string of the molecule is COc1ccc(CCC(=O)N2CCC(N)CC2)cc1F.Cl. The second-order valence-electron chi connectivity index (χ2n) is 5.19. The Kier molecular flexibility index (Phi) is 6.92. The molecule has 0 saturated carbocycles. The maximum atomic E-state index is 13.5. The second kappa shape index (κ2) is 8.20. The molecule has 118 valence electrons. The van der Waals surface area contributed by atoms with Gasteiger partial charge in [-0.25, -0.2) is 4.39 Å². The zero-order valence-electron chi connectivity index (χ0n) is 12.2. The summed E-state index contributed by atoms with van der Waals surface area (Å²) in [5.41, 5.74) is 6.63. The number of carbonyl (C=O) groups is 1. The number of likely N-dealkylation sites (tertiary alicyclic amines) is 1. The Hall–Kier alpha value is -1.33. The van der Waals surface area contributed by atoms with Crippen molar-refractivity contribution in [1.82, 2.24) is 4.90 Å². The Bertz CT molecular complexity index is 477. The van der Waals surface area contributed by atoms with Gasteiger partial charge in [0.05, 0.1) is 7.11 Å². The van der Waals surface area contributed by atoms with E-state index in [1.807, 2.05) is 4.90 Å². The van der Waals surface area contributed by atoms with E-state index >= 15 is 0 Å². The van der Waals surface area contributed by atoms with Crippen LogP contribution < -0.4 is 10.5 Å². The van der Waals surface area contributed by atoms with Crippen molar-refractivity contribution in [3.8, 4) is 5.75 Å². The Morgan fingerprint density at radius 2 is 2.10 bits per heavy atom. The van der Waals surface area contributed by atoms with E-state index in [2.05, 4.69) is 0 Å². The highest BCUT2D eigenvalue weighted by Gasteiger charge is 2.20. The molecule has 0 aliphatic carbocycles. The normalized spacial score (nSPS) is 15.5. The third-order valence-electron chi connectivity index (χ3n) is 3.74. The molecule has 1 saturated heterocycles. The van der Waals surface area contributed by atoms with Crippen molar-refractivity contribution in [2.75, 3.05) is 20.2 Å². The number of benzene rings is 1. The van der Waals surface area contributed by atoms with Gasteiger partial charge in [-0.15, -0.1) is 12.4 Å². The standard InChI is InChI=1S/C15H21FN2O2.ClH/c1-20-14-4-2-11(10-13(14)16)3-5-15(19)18-8-6-12(17)7-9-18;/h2,4,10,12H,3,5-9,17H2,1H3;1H. The average molecular weight is 317 g/mol. The largest absolute Gasteiger partial charge is 0.494 e. The Labute approximate surface area is 130 Å². The summed E-state index contributed by atoms with van der Waals surface area (Å²) >= 11 is 0. The van der Waals surface area contributed by atoms with Crippen LogP contribution in [0.4, 0.5) is 4.39 Å². The summed E-state index contributed by atoms with van der Waals surface area (Å²) < 4.78 is 18.4.